The summed E-state index contributed by atoms with van der Waals surface area (Å²) in [7, 11) is -4.50. The van der Waals surface area contributed by atoms with Crippen LogP contribution in [0.2, 0.25) is 36.3 Å². The Kier molecular flexibility index (Phi) is 12.6. The van der Waals surface area contributed by atoms with Gasteiger partial charge in [-0.1, -0.05) is 100 Å². The molecular weight excluding hydrogens is 565 g/mol. The average molecular weight is 631 g/mol. The number of hydrogen-bond acceptors (Lipinski definition) is 4. The lowest BCUT2D eigenvalue weighted by molar-refractivity contribution is -0.121. The molecule has 246 valence electrons. The highest BCUT2D eigenvalue weighted by Crippen LogP contribution is 2.52. The third-order valence-electron chi connectivity index (χ3n) is 10.9. The summed E-state index contributed by atoms with van der Waals surface area (Å²) in [5, 5.41) is 9.86. The molecule has 1 saturated carbocycles. The molecule has 1 N–H and O–H groups in total. The molecule has 43 heavy (non-hydrogen) atoms. The smallest absolute Gasteiger partial charge is 0.250 e. The van der Waals surface area contributed by atoms with Gasteiger partial charge in [0.25, 0.3) is 0 Å². The first-order valence-electron chi connectivity index (χ1n) is 16.9. The van der Waals surface area contributed by atoms with Crippen LogP contribution in [0.15, 0.2) is 24.3 Å². The topological polar surface area (TPSA) is 55.8 Å². The normalized spacial score (nSPS) is 19.0. The maximum Gasteiger partial charge on any atom is 0.250 e. The molecule has 0 amide bonds. The monoisotopic (exact) mass is 630 g/mol. The molecular formula is C37H66O4Si2. The van der Waals surface area contributed by atoms with Crippen molar-refractivity contribution in [1.82, 2.24) is 0 Å². The fourth-order valence-corrected chi connectivity index (χ4v) is 7.70. The summed E-state index contributed by atoms with van der Waals surface area (Å²) in [4.78, 5) is 13.1. The van der Waals surface area contributed by atoms with Crippen LogP contribution < -0.4 is 8.85 Å². The molecule has 0 aliphatic heterocycles. The van der Waals surface area contributed by atoms with Crippen molar-refractivity contribution in [2.45, 2.75) is 168 Å². The lowest BCUT2D eigenvalue weighted by Gasteiger charge is -2.42. The first-order chi connectivity index (χ1) is 19.6. The Morgan fingerprint density at radius 1 is 0.907 bits per heavy atom. The summed E-state index contributed by atoms with van der Waals surface area (Å²) >= 11 is 0. The van der Waals surface area contributed by atoms with Crippen LogP contribution in [-0.2, 0) is 10.2 Å². The zero-order valence-corrected chi connectivity index (χ0v) is 32.3. The molecule has 0 unspecified atom stereocenters. The Morgan fingerprint density at radius 2 is 1.42 bits per heavy atom. The fraction of sp³-hybridized carbons (Fsp3) is 0.757. The molecule has 1 aliphatic rings. The predicted octanol–water partition coefficient (Wildman–Crippen LogP) is 11.1. The largest absolute Gasteiger partial charge is 0.543 e. The number of unbranched alkanes of at least 4 members (excludes halogenated alkanes) is 3. The molecule has 1 aliphatic carbocycles. The lowest BCUT2D eigenvalue weighted by Crippen LogP contribution is -2.45. The third-order valence-corrected chi connectivity index (χ3v) is 19.6. The number of Topliss-reactive ketones (excluding diaryl/α,β-unsaturated/α-hetero) is 1. The molecule has 2 atom stereocenters. The fourth-order valence-electron chi connectivity index (χ4n) is 5.65. The molecule has 1 aromatic carbocycles. The van der Waals surface area contributed by atoms with E-state index in [2.05, 4.69) is 107 Å². The number of ketones is 1. The van der Waals surface area contributed by atoms with Crippen LogP contribution in [0.4, 0.5) is 0 Å². The second-order valence-electron chi connectivity index (χ2n) is 16.9. The first kappa shape index (κ1) is 37.8. The summed E-state index contributed by atoms with van der Waals surface area (Å²) in [6.07, 6.45) is 8.36. The van der Waals surface area contributed by atoms with Gasteiger partial charge in [0.15, 0.2) is 0 Å². The molecule has 4 nitrogen and oxygen atoms in total. The highest BCUT2D eigenvalue weighted by Gasteiger charge is 2.44. The van der Waals surface area contributed by atoms with E-state index in [0.717, 1.165) is 35.5 Å². The summed E-state index contributed by atoms with van der Waals surface area (Å²) in [5.74, 6) is 2.11. The van der Waals surface area contributed by atoms with Crippen LogP contribution in [0.3, 0.4) is 0 Å². The molecule has 0 aromatic heterocycles. The van der Waals surface area contributed by atoms with Gasteiger partial charge in [-0.2, -0.15) is 0 Å². The van der Waals surface area contributed by atoms with Gasteiger partial charge < -0.3 is 14.0 Å². The van der Waals surface area contributed by atoms with E-state index in [-0.39, 0.29) is 39.7 Å². The average Bonchev–Trinajstić information content (AvgIpc) is 2.84. The van der Waals surface area contributed by atoms with Gasteiger partial charge in [-0.3, -0.25) is 4.79 Å². The molecule has 1 fully saturated rings. The lowest BCUT2D eigenvalue weighted by atomic mass is 9.70. The second-order valence-corrected chi connectivity index (χ2v) is 26.4. The van der Waals surface area contributed by atoms with E-state index in [4.69, 9.17) is 8.85 Å². The van der Waals surface area contributed by atoms with Gasteiger partial charge in [0.1, 0.15) is 17.3 Å². The molecule has 2 rings (SSSR count). The molecule has 0 spiro atoms. The summed E-state index contributed by atoms with van der Waals surface area (Å²) < 4.78 is 14.6. The van der Waals surface area contributed by atoms with Crippen LogP contribution in [-0.4, -0.2) is 34.1 Å². The molecule has 0 bridgehead atoms. The number of benzene rings is 1. The number of rotatable bonds is 14. The van der Waals surface area contributed by atoms with E-state index < -0.39 is 16.6 Å². The van der Waals surface area contributed by atoms with Crippen LogP contribution in [0.5, 0.6) is 11.5 Å². The number of aliphatic hydroxyl groups is 1. The standard InChI is InChI=1S/C37H66O4Si2/c1-15-16-17-18-22-37(9,10)28-24-32(40-42(11,12)35(3,4)5)34(33(25-28)41-43(13,14)36(6,7)8)31-26-29(39)19-20-30(31)27(2)21-23-38/h24-25,30-31,38H,2,15-23,26H2,1,3-14H3/t30-,31+/m0/s1. The van der Waals surface area contributed by atoms with Crippen molar-refractivity contribution in [2.75, 3.05) is 6.61 Å². The highest BCUT2D eigenvalue weighted by molar-refractivity contribution is 6.75. The van der Waals surface area contributed by atoms with Crippen molar-refractivity contribution in [3.05, 3.63) is 35.4 Å². The van der Waals surface area contributed by atoms with Crippen molar-refractivity contribution in [2.24, 2.45) is 5.92 Å². The Balaban J connectivity index is 2.93. The van der Waals surface area contributed by atoms with E-state index in [1.807, 2.05) is 0 Å². The molecule has 0 saturated heterocycles. The van der Waals surface area contributed by atoms with Crippen molar-refractivity contribution in [3.8, 4) is 11.5 Å². The van der Waals surface area contributed by atoms with Crippen molar-refractivity contribution in [3.63, 3.8) is 0 Å². The molecule has 6 heteroatoms. The zero-order chi connectivity index (χ0) is 33.0. The van der Waals surface area contributed by atoms with Gasteiger partial charge >= 0.3 is 0 Å². The summed E-state index contributed by atoms with van der Waals surface area (Å²) in [5.41, 5.74) is 3.28. The van der Waals surface area contributed by atoms with Crippen LogP contribution in [0.25, 0.3) is 0 Å². The van der Waals surface area contributed by atoms with Gasteiger partial charge in [-0.15, -0.1) is 0 Å². The zero-order valence-electron chi connectivity index (χ0n) is 30.3. The molecule has 0 heterocycles. The minimum Gasteiger partial charge on any atom is -0.543 e. The van der Waals surface area contributed by atoms with Crippen molar-refractivity contribution >= 4 is 22.4 Å². The van der Waals surface area contributed by atoms with E-state index in [1.165, 1.54) is 31.2 Å². The predicted molar refractivity (Wildman–Crippen MR) is 190 cm³/mol. The molecule has 0 radical (unpaired) electrons. The maximum absolute atomic E-state index is 13.1. The van der Waals surface area contributed by atoms with Crippen molar-refractivity contribution < 1.29 is 18.8 Å². The number of carbonyl (C=O) groups excluding carboxylic acids is 1. The highest BCUT2D eigenvalue weighted by atomic mass is 28.4. The number of hydrogen-bond donors (Lipinski definition) is 1. The van der Waals surface area contributed by atoms with Gasteiger partial charge in [0.2, 0.25) is 16.6 Å². The van der Waals surface area contributed by atoms with Crippen LogP contribution >= 0.6 is 0 Å². The third kappa shape index (κ3) is 9.56. The van der Waals surface area contributed by atoms with E-state index in [1.54, 1.807) is 0 Å². The number of aliphatic hydroxyl groups excluding tert-OH is 1. The van der Waals surface area contributed by atoms with Crippen molar-refractivity contribution in [1.29, 1.82) is 0 Å². The van der Waals surface area contributed by atoms with Gasteiger partial charge in [-0.25, -0.2) is 0 Å². The van der Waals surface area contributed by atoms with E-state index >= 15 is 0 Å². The number of carbonyl (C=O) groups is 1. The second kappa shape index (κ2) is 14.4. The van der Waals surface area contributed by atoms with Gasteiger partial charge in [0, 0.05) is 30.9 Å². The van der Waals surface area contributed by atoms with E-state index in [0.29, 0.717) is 19.3 Å². The van der Waals surface area contributed by atoms with Gasteiger partial charge in [-0.05, 0) is 84.6 Å². The van der Waals surface area contributed by atoms with Crippen LogP contribution in [0, 0.1) is 5.92 Å². The SMILES string of the molecule is C=C(CCO)[C@@H]1CCC(=O)C[C@H]1c1c(O[Si](C)(C)C(C)(C)C)cc(C(C)(C)CCCCCC)cc1O[Si](C)(C)C(C)(C)C. The Morgan fingerprint density at radius 3 is 1.86 bits per heavy atom. The van der Waals surface area contributed by atoms with Gasteiger partial charge in [0.05, 0.1) is 0 Å². The summed E-state index contributed by atoms with van der Waals surface area (Å²) in [6.45, 7) is 34.4. The summed E-state index contributed by atoms with van der Waals surface area (Å²) in [6, 6.07) is 4.61. The first-order valence-corrected chi connectivity index (χ1v) is 22.8. The van der Waals surface area contributed by atoms with E-state index in [9.17, 15) is 9.90 Å². The van der Waals surface area contributed by atoms with Crippen LogP contribution in [0.1, 0.15) is 137 Å². The minimum atomic E-state index is -2.25. The Bertz CT molecular complexity index is 1060. The molecule has 1 aromatic rings. The quantitative estimate of drug-likeness (QED) is 0.126. The minimum absolute atomic E-state index is 0.0126. The Hall–Kier alpha value is -1.38. The maximum atomic E-state index is 13.1. The Labute approximate surface area is 267 Å².